The van der Waals surface area contributed by atoms with Crippen molar-refractivity contribution in [3.05, 3.63) is 0 Å². The summed E-state index contributed by atoms with van der Waals surface area (Å²) in [6, 6.07) is -0.149. The molecule has 1 amide bonds. The molecule has 20 heavy (non-hydrogen) atoms. The number of carbonyl (C=O) groups is 1. The van der Waals surface area contributed by atoms with E-state index in [1.807, 2.05) is 0 Å². The largest absolute Gasteiger partial charge is 0.444 e. The van der Waals surface area contributed by atoms with Gasteiger partial charge in [-0.3, -0.25) is 0 Å². The van der Waals surface area contributed by atoms with Gasteiger partial charge in [-0.1, -0.05) is 0 Å². The minimum Gasteiger partial charge on any atom is -0.444 e. The fraction of sp³-hybridized carbons (Fsp3) is 0.917. The van der Waals surface area contributed by atoms with Crippen molar-refractivity contribution in [3.63, 3.8) is 0 Å². The van der Waals surface area contributed by atoms with E-state index in [1.54, 1.807) is 34.6 Å². The van der Waals surface area contributed by atoms with Crippen LogP contribution in [-0.4, -0.2) is 61.5 Å². The average molecular weight is 307 g/mol. The molecule has 0 aromatic rings. The van der Waals surface area contributed by atoms with E-state index in [1.165, 1.54) is 9.21 Å². The van der Waals surface area contributed by atoms with Crippen molar-refractivity contribution in [1.29, 1.82) is 0 Å². The van der Waals surface area contributed by atoms with Gasteiger partial charge >= 0.3 is 6.09 Å². The maximum Gasteiger partial charge on any atom is 0.410 e. The molecule has 0 saturated carbocycles. The second-order valence-corrected chi connectivity index (χ2v) is 7.85. The molecule has 0 radical (unpaired) electrons. The summed E-state index contributed by atoms with van der Waals surface area (Å²) in [6.07, 6.45) is -0.397. The highest BCUT2D eigenvalue weighted by molar-refractivity contribution is 7.87. The summed E-state index contributed by atoms with van der Waals surface area (Å²) in [6.45, 7) is 10.2. The first-order valence-corrected chi connectivity index (χ1v) is 8.20. The Morgan fingerprint density at radius 3 is 2.05 bits per heavy atom. The van der Waals surface area contributed by atoms with E-state index in [4.69, 9.17) is 4.74 Å². The summed E-state index contributed by atoms with van der Waals surface area (Å²) in [5, 5.41) is 0. The fourth-order valence-electron chi connectivity index (χ4n) is 1.81. The van der Waals surface area contributed by atoms with Crippen LogP contribution in [0.4, 0.5) is 4.79 Å². The summed E-state index contributed by atoms with van der Waals surface area (Å²) < 4.78 is 33.1. The first-order chi connectivity index (χ1) is 9.01. The van der Waals surface area contributed by atoms with E-state index in [2.05, 4.69) is 4.72 Å². The molecule has 7 nitrogen and oxygen atoms in total. The van der Waals surface area contributed by atoms with Gasteiger partial charge in [-0.2, -0.15) is 17.4 Å². The molecule has 1 saturated heterocycles. The molecule has 0 aromatic heterocycles. The molecular formula is C12H25N3O4S. The Bertz CT molecular complexity index is 434. The standard InChI is InChI=1S/C12H25N3O4S/c1-10(2)13-20(17,18)15-8-6-14(7-9-15)11(16)19-12(3,4)5/h10,13H,6-9H2,1-5H3. The topological polar surface area (TPSA) is 79.0 Å². The molecule has 0 unspecified atom stereocenters. The van der Waals surface area contributed by atoms with Gasteiger partial charge in [-0.25, -0.2) is 4.79 Å². The lowest BCUT2D eigenvalue weighted by molar-refractivity contribution is 0.0192. The Hall–Kier alpha value is -0.860. The average Bonchev–Trinajstić information content (AvgIpc) is 2.25. The highest BCUT2D eigenvalue weighted by Crippen LogP contribution is 2.13. The zero-order chi connectivity index (χ0) is 15.6. The number of piperazine rings is 1. The second-order valence-electron chi connectivity index (χ2n) is 6.14. The number of hydrogen-bond acceptors (Lipinski definition) is 4. The van der Waals surface area contributed by atoms with Crippen LogP contribution < -0.4 is 4.72 Å². The molecule has 1 N–H and O–H groups in total. The monoisotopic (exact) mass is 307 g/mol. The molecule has 118 valence electrons. The van der Waals surface area contributed by atoms with Crippen molar-refractivity contribution in [1.82, 2.24) is 13.9 Å². The lowest BCUT2D eigenvalue weighted by Gasteiger charge is -2.35. The lowest BCUT2D eigenvalue weighted by Crippen LogP contribution is -2.54. The van der Waals surface area contributed by atoms with Gasteiger partial charge in [0.1, 0.15) is 5.60 Å². The van der Waals surface area contributed by atoms with Gasteiger partial charge in [-0.15, -0.1) is 0 Å². The minimum atomic E-state index is -3.46. The van der Waals surface area contributed by atoms with Gasteiger partial charge in [0.05, 0.1) is 0 Å². The SMILES string of the molecule is CC(C)NS(=O)(=O)N1CCN(C(=O)OC(C)(C)C)CC1. The Morgan fingerprint density at radius 2 is 1.65 bits per heavy atom. The Morgan fingerprint density at radius 1 is 1.15 bits per heavy atom. The zero-order valence-corrected chi connectivity index (χ0v) is 13.7. The number of carbonyl (C=O) groups excluding carboxylic acids is 1. The van der Waals surface area contributed by atoms with Gasteiger partial charge in [0, 0.05) is 32.2 Å². The fourth-order valence-corrected chi connectivity index (χ4v) is 3.20. The van der Waals surface area contributed by atoms with Crippen LogP contribution in [0.5, 0.6) is 0 Å². The maximum absolute atomic E-state index is 12.0. The van der Waals surface area contributed by atoms with Crippen LogP contribution in [0.2, 0.25) is 0 Å². The quantitative estimate of drug-likeness (QED) is 0.836. The van der Waals surface area contributed by atoms with Crippen LogP contribution >= 0.6 is 0 Å². The van der Waals surface area contributed by atoms with Crippen LogP contribution in [0.3, 0.4) is 0 Å². The third-order valence-electron chi connectivity index (χ3n) is 2.61. The van der Waals surface area contributed by atoms with Crippen molar-refractivity contribution in [2.45, 2.75) is 46.3 Å². The first-order valence-electron chi connectivity index (χ1n) is 6.76. The van der Waals surface area contributed by atoms with E-state index in [-0.39, 0.29) is 19.1 Å². The molecule has 1 heterocycles. The molecule has 1 fully saturated rings. The summed E-state index contributed by atoms with van der Waals surface area (Å²) >= 11 is 0. The van der Waals surface area contributed by atoms with Crippen molar-refractivity contribution < 1.29 is 17.9 Å². The molecular weight excluding hydrogens is 282 g/mol. The molecule has 8 heteroatoms. The van der Waals surface area contributed by atoms with Crippen LogP contribution in [0.15, 0.2) is 0 Å². The smallest absolute Gasteiger partial charge is 0.410 e. The van der Waals surface area contributed by atoms with Gasteiger partial charge < -0.3 is 9.64 Å². The molecule has 0 aliphatic carbocycles. The minimum absolute atomic E-state index is 0.149. The van der Waals surface area contributed by atoms with E-state index < -0.39 is 21.9 Å². The zero-order valence-electron chi connectivity index (χ0n) is 12.8. The number of nitrogens with one attached hydrogen (secondary N) is 1. The van der Waals surface area contributed by atoms with E-state index in [0.29, 0.717) is 13.1 Å². The van der Waals surface area contributed by atoms with E-state index in [0.717, 1.165) is 0 Å². The molecule has 1 rings (SSSR count). The van der Waals surface area contributed by atoms with E-state index >= 15 is 0 Å². The van der Waals surface area contributed by atoms with Gasteiger partial charge in [0.15, 0.2) is 0 Å². The van der Waals surface area contributed by atoms with Gasteiger partial charge in [-0.05, 0) is 34.6 Å². The third-order valence-corrected chi connectivity index (χ3v) is 4.43. The summed E-state index contributed by atoms with van der Waals surface area (Å²) in [5.41, 5.74) is -0.542. The number of ether oxygens (including phenoxy) is 1. The normalized spacial score (nSPS) is 18.4. The van der Waals surface area contributed by atoms with E-state index in [9.17, 15) is 13.2 Å². The molecule has 0 spiro atoms. The van der Waals surface area contributed by atoms with Crippen LogP contribution in [0, 0.1) is 0 Å². The van der Waals surface area contributed by atoms with Gasteiger partial charge in [0.2, 0.25) is 0 Å². The molecule has 0 aromatic carbocycles. The maximum atomic E-state index is 12.0. The highest BCUT2D eigenvalue weighted by atomic mass is 32.2. The van der Waals surface area contributed by atoms with Crippen LogP contribution in [0.25, 0.3) is 0 Å². The van der Waals surface area contributed by atoms with Crippen molar-refractivity contribution in [2.24, 2.45) is 0 Å². The first kappa shape index (κ1) is 17.2. The number of amides is 1. The Labute approximate surface area is 121 Å². The summed E-state index contributed by atoms with van der Waals surface area (Å²) in [7, 11) is -3.46. The summed E-state index contributed by atoms with van der Waals surface area (Å²) in [5.74, 6) is 0. The summed E-state index contributed by atoms with van der Waals surface area (Å²) in [4.78, 5) is 13.4. The van der Waals surface area contributed by atoms with Crippen molar-refractivity contribution in [3.8, 4) is 0 Å². The molecule has 1 aliphatic rings. The highest BCUT2D eigenvalue weighted by Gasteiger charge is 2.31. The number of rotatable bonds is 3. The van der Waals surface area contributed by atoms with Crippen LogP contribution in [-0.2, 0) is 14.9 Å². The van der Waals surface area contributed by atoms with Crippen LogP contribution in [0.1, 0.15) is 34.6 Å². The predicted octanol–water partition coefficient (Wildman–Crippen LogP) is 0.782. The lowest BCUT2D eigenvalue weighted by atomic mass is 10.2. The predicted molar refractivity (Wildman–Crippen MR) is 76.6 cm³/mol. The van der Waals surface area contributed by atoms with Gasteiger partial charge in [0.25, 0.3) is 10.2 Å². The Kier molecular flexibility index (Phi) is 5.39. The Balaban J connectivity index is 2.54. The van der Waals surface area contributed by atoms with Crippen molar-refractivity contribution in [2.75, 3.05) is 26.2 Å². The molecule has 1 aliphatic heterocycles. The number of nitrogens with zero attached hydrogens (tertiary/aromatic N) is 2. The van der Waals surface area contributed by atoms with Crippen molar-refractivity contribution >= 4 is 16.3 Å². The third kappa shape index (κ3) is 5.26. The second kappa shape index (κ2) is 6.28. The number of hydrogen-bond donors (Lipinski definition) is 1. The molecule has 0 atom stereocenters. The molecule has 0 bridgehead atoms.